The monoisotopic (exact) mass is 388 g/mol. The van der Waals surface area contributed by atoms with Crippen molar-refractivity contribution in [3.8, 4) is 0 Å². The first-order valence-electron chi connectivity index (χ1n) is 5.61. The van der Waals surface area contributed by atoms with Crippen molar-refractivity contribution in [1.29, 1.82) is 0 Å². The Bertz CT molecular complexity index is 717. The van der Waals surface area contributed by atoms with Gasteiger partial charge in [0.25, 0.3) is 0 Å². The van der Waals surface area contributed by atoms with Gasteiger partial charge in [-0.25, -0.2) is 4.99 Å². The number of pyridine rings is 1. The second-order valence-electron chi connectivity index (χ2n) is 3.60. The zero-order valence-corrected chi connectivity index (χ0v) is 15.9. The third-order valence-electron chi connectivity index (χ3n) is 2.13. The molecule has 0 amide bonds. The molecule has 0 saturated carbocycles. The van der Waals surface area contributed by atoms with E-state index in [0.29, 0.717) is 5.56 Å². The zero-order chi connectivity index (χ0) is 15.1. The molecule has 2 rings (SSSR count). The zero-order valence-electron chi connectivity index (χ0n) is 11.8. The van der Waals surface area contributed by atoms with Crippen LogP contribution in [0.3, 0.4) is 0 Å². The Morgan fingerprint density at radius 3 is 2.70 bits per heavy atom. The molecule has 0 unspecified atom stereocenters. The summed E-state index contributed by atoms with van der Waals surface area (Å²) >= 11 is 0. The van der Waals surface area contributed by atoms with E-state index in [2.05, 4.69) is 20.2 Å². The first-order valence-corrected chi connectivity index (χ1v) is 5.61. The third kappa shape index (κ3) is 7.75. The predicted octanol–water partition coefficient (Wildman–Crippen LogP) is -2.25. The van der Waals surface area contributed by atoms with E-state index in [9.17, 15) is 15.2 Å². The first-order chi connectivity index (χ1) is 10.1. The molecule has 0 N–H and O–H groups in total. The van der Waals surface area contributed by atoms with E-state index in [4.69, 9.17) is 4.42 Å². The van der Waals surface area contributed by atoms with Gasteiger partial charge in [0.05, 0.1) is 12.3 Å². The quantitative estimate of drug-likeness (QED) is 0.192. The van der Waals surface area contributed by atoms with E-state index in [1.165, 1.54) is 24.5 Å². The minimum absolute atomic E-state index is 0. The van der Waals surface area contributed by atoms with Crippen LogP contribution in [0.25, 0.3) is 0 Å². The molecular formula is C12H8CuKN5O4. The summed E-state index contributed by atoms with van der Waals surface area (Å²) in [5.41, 5.74) is 0.645. The molecule has 23 heavy (non-hydrogen) atoms. The van der Waals surface area contributed by atoms with Gasteiger partial charge < -0.3 is 9.52 Å². The second kappa shape index (κ2) is 11.3. The number of nitrogens with zero attached hydrogens (tertiary/aromatic N) is 5. The molecule has 2 heterocycles. The van der Waals surface area contributed by atoms with Gasteiger partial charge in [-0.1, -0.05) is 6.07 Å². The molecule has 0 aromatic carbocycles. The molecule has 11 heteroatoms. The van der Waals surface area contributed by atoms with Crippen LogP contribution < -0.4 is 56.5 Å². The molecule has 0 fully saturated rings. The number of rotatable bonds is 4. The van der Waals surface area contributed by atoms with Gasteiger partial charge >= 0.3 is 57.3 Å². The maximum atomic E-state index is 11.3. The normalized spacial score (nSPS) is 11.2. The van der Waals surface area contributed by atoms with Gasteiger partial charge in [0, 0.05) is 41.2 Å². The summed E-state index contributed by atoms with van der Waals surface area (Å²) in [4.78, 5) is 17.1. The molecule has 0 spiro atoms. The van der Waals surface area contributed by atoms with Crippen LogP contribution >= 0.6 is 0 Å². The fourth-order valence-electron chi connectivity index (χ4n) is 1.25. The van der Waals surface area contributed by atoms with E-state index in [1.807, 2.05) is 0 Å². The van der Waals surface area contributed by atoms with Gasteiger partial charge in [0.2, 0.25) is 0 Å². The first kappa shape index (κ1) is 21.8. The Morgan fingerprint density at radius 2 is 2.09 bits per heavy atom. The van der Waals surface area contributed by atoms with E-state index in [-0.39, 0.29) is 74.2 Å². The number of hydrogen-bond acceptors (Lipinski definition) is 7. The molecule has 117 valence electrons. The average molecular weight is 389 g/mol. The number of nitro groups is 1. The number of furan rings is 1. The van der Waals surface area contributed by atoms with Crippen LogP contribution in [0.15, 0.2) is 56.3 Å². The topological polar surface area (TPSA) is 129 Å². The number of aliphatic imine (C=N–C) groups is 1. The molecule has 0 atom stereocenters. The predicted molar refractivity (Wildman–Crippen MR) is 72.2 cm³/mol. The number of hydrogen-bond donors (Lipinski definition) is 0. The number of aromatic nitrogens is 1. The minimum atomic E-state index is -0.823. The molecule has 0 aliphatic rings. The Hall–Kier alpha value is -1.20. The fourth-order valence-corrected chi connectivity index (χ4v) is 1.25. The molecule has 0 aliphatic heterocycles. The van der Waals surface area contributed by atoms with Crippen LogP contribution in [-0.4, -0.2) is 28.4 Å². The van der Waals surface area contributed by atoms with E-state index < -0.39 is 16.8 Å². The Balaban J connectivity index is 0.00000242. The summed E-state index contributed by atoms with van der Waals surface area (Å²) in [7, 11) is 0. The second-order valence-corrected chi connectivity index (χ2v) is 3.60. The summed E-state index contributed by atoms with van der Waals surface area (Å²) in [6.07, 6.45) is 5.50. The Labute approximate surface area is 183 Å². The molecule has 1 radical (unpaired) electrons. The Morgan fingerprint density at radius 1 is 1.30 bits per heavy atom. The van der Waals surface area contributed by atoms with Crippen molar-refractivity contribution in [1.82, 2.24) is 4.98 Å². The SMILES string of the molecule is O=[N+]([O-])c1ccc(/C=N/N=C([O-])/N=C/c2cccnc2)o1.[Cu].[K+]. The summed E-state index contributed by atoms with van der Waals surface area (Å²) in [5.74, 6) is -0.313. The van der Waals surface area contributed by atoms with E-state index >= 15 is 0 Å². The summed E-state index contributed by atoms with van der Waals surface area (Å²) < 4.78 is 4.79. The maximum absolute atomic E-state index is 11.3. The van der Waals surface area contributed by atoms with Crippen molar-refractivity contribution in [3.05, 3.63) is 58.1 Å². The molecule has 0 bridgehead atoms. The van der Waals surface area contributed by atoms with Gasteiger partial charge in [0.15, 0.2) is 5.76 Å². The van der Waals surface area contributed by atoms with Gasteiger partial charge in [-0.05, 0) is 12.1 Å². The van der Waals surface area contributed by atoms with Crippen LogP contribution in [0, 0.1) is 10.1 Å². The molecule has 2 aromatic heterocycles. The molecule has 0 saturated heterocycles. The van der Waals surface area contributed by atoms with Crippen molar-refractivity contribution >= 4 is 24.3 Å². The van der Waals surface area contributed by atoms with Gasteiger partial charge in [0.1, 0.15) is 10.9 Å². The molecule has 9 nitrogen and oxygen atoms in total. The van der Waals surface area contributed by atoms with Crippen LogP contribution in [0.2, 0.25) is 0 Å². The summed E-state index contributed by atoms with van der Waals surface area (Å²) in [6, 6.07) is 5.10. The fraction of sp³-hybridized carbons (Fsp3) is 0. The van der Waals surface area contributed by atoms with Crippen LogP contribution in [0.5, 0.6) is 0 Å². The smallest absolute Gasteiger partial charge is 0.843 e. The summed E-state index contributed by atoms with van der Waals surface area (Å²) in [5, 5.41) is 28.4. The van der Waals surface area contributed by atoms with Crippen LogP contribution in [0.1, 0.15) is 11.3 Å². The van der Waals surface area contributed by atoms with Gasteiger partial charge in [-0.3, -0.25) is 15.1 Å². The average Bonchev–Trinajstić information content (AvgIpc) is 2.95. The van der Waals surface area contributed by atoms with Gasteiger partial charge in [-0.15, -0.1) is 5.10 Å². The van der Waals surface area contributed by atoms with Crippen LogP contribution in [0.4, 0.5) is 5.88 Å². The largest absolute Gasteiger partial charge is 1.00 e. The Kier molecular flexibility index (Phi) is 10.8. The molecule has 2 aromatic rings. The van der Waals surface area contributed by atoms with E-state index in [0.717, 1.165) is 6.21 Å². The summed E-state index contributed by atoms with van der Waals surface area (Å²) in [6.45, 7) is 0. The van der Waals surface area contributed by atoms with Crippen molar-refractivity contribution in [2.24, 2.45) is 15.2 Å². The van der Waals surface area contributed by atoms with Gasteiger partial charge in [-0.2, -0.15) is 5.10 Å². The minimum Gasteiger partial charge on any atom is -0.843 e. The van der Waals surface area contributed by atoms with Crippen molar-refractivity contribution in [2.45, 2.75) is 0 Å². The van der Waals surface area contributed by atoms with Crippen LogP contribution in [-0.2, 0) is 17.1 Å². The standard InChI is InChI=1S/C12H9N5O4.Cu.K/c18-12(14-7-9-2-1-5-13-6-9)16-15-8-10-3-4-11(21-10)17(19)20;;/h1-8H,(H,16,18);;/q;;+1/p-1/b14-7+,15-8+;;. The number of amidine groups is 1. The van der Waals surface area contributed by atoms with Crippen molar-refractivity contribution < 1.29 is 82.9 Å². The maximum Gasteiger partial charge on any atom is 1.00 e. The van der Waals surface area contributed by atoms with E-state index in [1.54, 1.807) is 18.3 Å². The third-order valence-corrected chi connectivity index (χ3v) is 2.13. The molecular weight excluding hydrogens is 381 g/mol. The van der Waals surface area contributed by atoms with Crippen molar-refractivity contribution in [3.63, 3.8) is 0 Å². The molecule has 0 aliphatic carbocycles. The van der Waals surface area contributed by atoms with Crippen molar-refractivity contribution in [2.75, 3.05) is 0 Å².